The highest BCUT2D eigenvalue weighted by Gasteiger charge is 2.21. The van der Waals surface area contributed by atoms with Crippen LogP contribution in [0.25, 0.3) is 0 Å². The molecule has 3 rings (SSSR count). The van der Waals surface area contributed by atoms with E-state index in [-0.39, 0.29) is 5.91 Å². The van der Waals surface area contributed by atoms with E-state index >= 15 is 0 Å². The second kappa shape index (κ2) is 6.11. The van der Waals surface area contributed by atoms with E-state index in [1.165, 1.54) is 17.1 Å². The van der Waals surface area contributed by atoms with Gasteiger partial charge in [0.25, 0.3) is 0 Å². The van der Waals surface area contributed by atoms with Crippen LogP contribution in [-0.4, -0.2) is 22.0 Å². The molecule has 0 unspecified atom stereocenters. The molecule has 0 spiro atoms. The third-order valence-corrected chi connectivity index (χ3v) is 3.92. The van der Waals surface area contributed by atoms with Crippen molar-refractivity contribution in [1.29, 1.82) is 0 Å². The molecule has 1 saturated heterocycles. The van der Waals surface area contributed by atoms with Crippen LogP contribution in [0.5, 0.6) is 0 Å². The first-order chi connectivity index (χ1) is 9.83. The van der Waals surface area contributed by atoms with Gasteiger partial charge in [0.1, 0.15) is 0 Å². The topological polar surface area (TPSA) is 58.1 Å². The summed E-state index contributed by atoms with van der Waals surface area (Å²) in [6, 6.07) is 8.16. The van der Waals surface area contributed by atoms with Crippen molar-refractivity contribution in [1.82, 2.24) is 14.9 Å². The number of aromatic nitrogens is 2. The fraction of sp³-hybridized carbons (Fsp3) is 0.357. The highest BCUT2D eigenvalue weighted by molar-refractivity contribution is 7.03. The normalized spacial score (nSPS) is 15.0. The van der Waals surface area contributed by atoms with Crippen molar-refractivity contribution in [2.24, 2.45) is 0 Å². The Kier molecular flexibility index (Phi) is 4.03. The summed E-state index contributed by atoms with van der Waals surface area (Å²) in [5.41, 5.74) is 3.16. The van der Waals surface area contributed by atoms with Gasteiger partial charge in [-0.15, -0.1) is 5.10 Å². The molecule has 1 fully saturated rings. The predicted octanol–water partition coefficient (Wildman–Crippen LogP) is 1.95. The van der Waals surface area contributed by atoms with E-state index in [0.29, 0.717) is 6.42 Å². The van der Waals surface area contributed by atoms with E-state index in [2.05, 4.69) is 27.0 Å². The molecule has 2 heterocycles. The Bertz CT molecular complexity index is 567. The molecule has 104 valence electrons. The summed E-state index contributed by atoms with van der Waals surface area (Å²) in [6.07, 6.45) is 1.63. The Morgan fingerprint density at radius 1 is 1.25 bits per heavy atom. The Hall–Kier alpha value is -1.79. The molecular formula is C14H16N4OS. The molecule has 1 aromatic carbocycles. The van der Waals surface area contributed by atoms with Gasteiger partial charge in [0, 0.05) is 37.1 Å². The maximum Gasteiger partial charge on any atom is 0.227 e. The molecule has 0 bridgehead atoms. The summed E-state index contributed by atoms with van der Waals surface area (Å²) in [7, 11) is 0. The van der Waals surface area contributed by atoms with Crippen LogP contribution >= 0.6 is 11.5 Å². The van der Waals surface area contributed by atoms with Crippen molar-refractivity contribution >= 4 is 23.1 Å². The maximum absolute atomic E-state index is 11.7. The number of hydrogen-bond donors (Lipinski definition) is 1. The Balaban J connectivity index is 1.54. The van der Waals surface area contributed by atoms with Gasteiger partial charge in [0.15, 0.2) is 0 Å². The van der Waals surface area contributed by atoms with Crippen LogP contribution in [0.2, 0.25) is 0 Å². The van der Waals surface area contributed by atoms with E-state index < -0.39 is 0 Å². The molecule has 0 saturated carbocycles. The minimum atomic E-state index is 0.229. The van der Waals surface area contributed by atoms with Crippen LogP contribution in [-0.2, 0) is 17.9 Å². The molecule has 2 aromatic rings. The van der Waals surface area contributed by atoms with Gasteiger partial charge in [0.2, 0.25) is 5.91 Å². The molecule has 0 radical (unpaired) electrons. The molecule has 1 aliphatic rings. The first kappa shape index (κ1) is 13.2. The van der Waals surface area contributed by atoms with Gasteiger partial charge < -0.3 is 10.2 Å². The van der Waals surface area contributed by atoms with Gasteiger partial charge >= 0.3 is 0 Å². The molecule has 6 heteroatoms. The number of hydrogen-bond acceptors (Lipinski definition) is 5. The van der Waals surface area contributed by atoms with Crippen LogP contribution < -0.4 is 10.2 Å². The Morgan fingerprint density at radius 2 is 2.10 bits per heavy atom. The van der Waals surface area contributed by atoms with Crippen LogP contribution in [0.1, 0.15) is 24.1 Å². The number of carbonyl (C=O) groups is 1. The molecular weight excluding hydrogens is 272 g/mol. The fourth-order valence-corrected chi connectivity index (χ4v) is 2.76. The van der Waals surface area contributed by atoms with Gasteiger partial charge in [-0.2, -0.15) is 0 Å². The van der Waals surface area contributed by atoms with Crippen LogP contribution in [0.3, 0.4) is 0 Å². The number of anilines is 1. The number of nitrogens with one attached hydrogen (secondary N) is 1. The molecule has 0 atom stereocenters. The largest absolute Gasteiger partial charge is 0.312 e. The Labute approximate surface area is 121 Å². The lowest BCUT2D eigenvalue weighted by Crippen LogP contribution is -2.23. The van der Waals surface area contributed by atoms with Gasteiger partial charge in [-0.3, -0.25) is 4.79 Å². The number of benzene rings is 1. The average molecular weight is 288 g/mol. The second-order valence-corrected chi connectivity index (χ2v) is 5.42. The molecule has 5 nitrogen and oxygen atoms in total. The maximum atomic E-state index is 11.7. The molecule has 0 aliphatic carbocycles. The average Bonchev–Trinajstić information content (AvgIpc) is 3.11. The molecule has 1 aromatic heterocycles. The monoisotopic (exact) mass is 288 g/mol. The third-order valence-electron chi connectivity index (χ3n) is 3.36. The first-order valence-electron chi connectivity index (χ1n) is 6.69. The first-order valence-corrected chi connectivity index (χ1v) is 7.52. The summed E-state index contributed by atoms with van der Waals surface area (Å²) in [5.74, 6) is 0.229. The van der Waals surface area contributed by atoms with Crippen molar-refractivity contribution < 1.29 is 4.79 Å². The molecule has 1 aliphatic heterocycles. The summed E-state index contributed by atoms with van der Waals surface area (Å²) in [6.45, 7) is 2.35. The summed E-state index contributed by atoms with van der Waals surface area (Å²) < 4.78 is 3.82. The number of rotatable bonds is 5. The zero-order valence-corrected chi connectivity index (χ0v) is 11.9. The molecule has 1 N–H and O–H groups in total. The van der Waals surface area contributed by atoms with Crippen molar-refractivity contribution in [3.63, 3.8) is 0 Å². The third kappa shape index (κ3) is 3.02. The lowest BCUT2D eigenvalue weighted by atomic mass is 10.2. The van der Waals surface area contributed by atoms with Crippen molar-refractivity contribution in [3.05, 3.63) is 40.9 Å². The van der Waals surface area contributed by atoms with Gasteiger partial charge in [0.05, 0.1) is 5.69 Å². The van der Waals surface area contributed by atoms with E-state index in [1.54, 1.807) is 0 Å². The quantitative estimate of drug-likeness (QED) is 0.913. The summed E-state index contributed by atoms with van der Waals surface area (Å²) in [5, 5.41) is 9.25. The lowest BCUT2D eigenvalue weighted by molar-refractivity contribution is -0.117. The predicted molar refractivity (Wildman–Crippen MR) is 78.5 cm³/mol. The SMILES string of the molecule is O=C1CCCN1c1ccc(CNCc2csnn2)cc1. The van der Waals surface area contributed by atoms with Gasteiger partial charge in [-0.05, 0) is 35.6 Å². The number of amides is 1. The zero-order chi connectivity index (χ0) is 13.8. The van der Waals surface area contributed by atoms with Crippen molar-refractivity contribution in [2.45, 2.75) is 25.9 Å². The van der Waals surface area contributed by atoms with E-state index in [0.717, 1.165) is 37.4 Å². The van der Waals surface area contributed by atoms with E-state index in [1.807, 2.05) is 22.4 Å². The fourth-order valence-electron chi connectivity index (χ4n) is 2.31. The minimum absolute atomic E-state index is 0.229. The smallest absolute Gasteiger partial charge is 0.227 e. The lowest BCUT2D eigenvalue weighted by Gasteiger charge is -2.16. The highest BCUT2D eigenvalue weighted by Crippen LogP contribution is 2.21. The van der Waals surface area contributed by atoms with Crippen molar-refractivity contribution in [2.75, 3.05) is 11.4 Å². The summed E-state index contributed by atoms with van der Waals surface area (Å²) in [4.78, 5) is 13.5. The number of carbonyl (C=O) groups excluding carboxylic acids is 1. The van der Waals surface area contributed by atoms with Crippen LogP contribution in [0.15, 0.2) is 29.6 Å². The molecule has 20 heavy (non-hydrogen) atoms. The zero-order valence-electron chi connectivity index (χ0n) is 11.1. The van der Waals surface area contributed by atoms with Crippen LogP contribution in [0, 0.1) is 0 Å². The number of nitrogens with zero attached hydrogens (tertiary/aromatic N) is 3. The van der Waals surface area contributed by atoms with Gasteiger partial charge in [-0.25, -0.2) is 0 Å². The standard InChI is InChI=1S/C14H16N4OS/c19-14-2-1-7-18(14)13-5-3-11(4-6-13)8-15-9-12-10-20-17-16-12/h3-6,10,15H,1-2,7-9H2. The van der Waals surface area contributed by atoms with Crippen molar-refractivity contribution in [3.8, 4) is 0 Å². The van der Waals surface area contributed by atoms with E-state index in [9.17, 15) is 4.79 Å². The second-order valence-electron chi connectivity index (χ2n) is 4.82. The minimum Gasteiger partial charge on any atom is -0.312 e. The highest BCUT2D eigenvalue weighted by atomic mass is 32.1. The van der Waals surface area contributed by atoms with Crippen LogP contribution in [0.4, 0.5) is 5.69 Å². The van der Waals surface area contributed by atoms with E-state index in [4.69, 9.17) is 0 Å². The Morgan fingerprint density at radius 3 is 2.75 bits per heavy atom. The summed E-state index contributed by atoms with van der Waals surface area (Å²) >= 11 is 1.36. The molecule has 1 amide bonds. The van der Waals surface area contributed by atoms with Gasteiger partial charge in [-0.1, -0.05) is 16.6 Å².